The van der Waals surface area contributed by atoms with Crippen LogP contribution in [0.1, 0.15) is 24.8 Å². The van der Waals surface area contributed by atoms with Gasteiger partial charge in [0.05, 0.1) is 11.9 Å². The van der Waals surface area contributed by atoms with Gasteiger partial charge < -0.3 is 15.5 Å². The second-order valence-electron chi connectivity index (χ2n) is 8.09. The highest BCUT2D eigenvalue weighted by Crippen LogP contribution is 2.32. The first kappa shape index (κ1) is 19.3. The summed E-state index contributed by atoms with van der Waals surface area (Å²) in [4.78, 5) is 34.9. The number of fused-ring (bicyclic) bond motifs is 2. The molecule has 1 saturated heterocycles. The van der Waals surface area contributed by atoms with Gasteiger partial charge in [-0.3, -0.25) is 20.0 Å². The van der Waals surface area contributed by atoms with Crippen molar-refractivity contribution >= 4 is 35.4 Å². The molecule has 3 N–H and O–H groups in total. The standard InChI is InChI=1S/C22H25N7O2/c1-2-20(31)28-9-8-15(12-28)18-11-23-21(22-24-13-25-29(18)22)26-16-7-6-14-4-3-5-19(30)27-17(14)10-16/h2,6-7,10-11,13,15,22H,1,3-5,8-9,12H2,(H,23,26)(H,24,25)(H,27,30). The fourth-order valence-electron chi connectivity index (χ4n) is 4.50. The van der Waals surface area contributed by atoms with Gasteiger partial charge in [-0.25, -0.2) is 9.98 Å². The van der Waals surface area contributed by atoms with Gasteiger partial charge in [0.25, 0.3) is 0 Å². The van der Waals surface area contributed by atoms with Crippen LogP contribution >= 0.6 is 0 Å². The van der Waals surface area contributed by atoms with Crippen LogP contribution in [-0.2, 0) is 16.0 Å². The average Bonchev–Trinajstić information content (AvgIpc) is 3.41. The summed E-state index contributed by atoms with van der Waals surface area (Å²) >= 11 is 0. The minimum Gasteiger partial charge on any atom is -0.340 e. The zero-order valence-electron chi connectivity index (χ0n) is 17.2. The molecule has 4 aliphatic heterocycles. The van der Waals surface area contributed by atoms with E-state index in [1.165, 1.54) is 6.08 Å². The molecule has 0 aromatic heterocycles. The monoisotopic (exact) mass is 419 g/mol. The molecule has 2 atom stereocenters. The number of aryl methyl sites for hydroxylation is 1. The van der Waals surface area contributed by atoms with Crippen molar-refractivity contribution in [3.05, 3.63) is 48.3 Å². The quantitative estimate of drug-likeness (QED) is 0.649. The molecule has 1 fully saturated rings. The lowest BCUT2D eigenvalue weighted by atomic mass is 10.0. The van der Waals surface area contributed by atoms with E-state index in [2.05, 4.69) is 32.6 Å². The summed E-state index contributed by atoms with van der Waals surface area (Å²) in [5.74, 6) is 0.896. The largest absolute Gasteiger partial charge is 0.340 e. The Bertz CT molecular complexity index is 1030. The smallest absolute Gasteiger partial charge is 0.245 e. The first-order valence-electron chi connectivity index (χ1n) is 10.6. The molecule has 0 radical (unpaired) electrons. The topological polar surface area (TPSA) is 101 Å². The van der Waals surface area contributed by atoms with Crippen LogP contribution in [0.25, 0.3) is 0 Å². The van der Waals surface area contributed by atoms with E-state index in [0.29, 0.717) is 25.3 Å². The summed E-state index contributed by atoms with van der Waals surface area (Å²) in [6.07, 6.45) is 7.74. The number of hydrogen-bond acceptors (Lipinski definition) is 7. The van der Waals surface area contributed by atoms with Gasteiger partial charge in [-0.2, -0.15) is 0 Å². The minimum absolute atomic E-state index is 0.0396. The molecule has 160 valence electrons. The SMILES string of the molecule is C=CC(=O)N1CCC(C2=CN=C(Nc3ccc4c(c3)NC(=O)CCC4)C3N=CNN23)C1. The fourth-order valence-corrected chi connectivity index (χ4v) is 4.50. The van der Waals surface area contributed by atoms with E-state index in [9.17, 15) is 9.59 Å². The minimum atomic E-state index is -0.308. The van der Waals surface area contributed by atoms with Crippen LogP contribution in [0.15, 0.2) is 52.7 Å². The van der Waals surface area contributed by atoms with Gasteiger partial charge in [-0.1, -0.05) is 12.6 Å². The Hall–Kier alpha value is -3.62. The number of benzene rings is 1. The third-order valence-electron chi connectivity index (χ3n) is 6.11. The number of nitrogens with one attached hydrogen (secondary N) is 3. The lowest BCUT2D eigenvalue weighted by Crippen LogP contribution is -2.48. The fraction of sp³-hybridized carbons (Fsp3) is 0.364. The molecule has 9 nitrogen and oxygen atoms in total. The zero-order valence-corrected chi connectivity index (χ0v) is 17.2. The highest BCUT2D eigenvalue weighted by Gasteiger charge is 2.38. The Morgan fingerprint density at radius 1 is 1.32 bits per heavy atom. The molecule has 1 aromatic rings. The summed E-state index contributed by atoms with van der Waals surface area (Å²) in [6, 6.07) is 6.00. The molecule has 9 heteroatoms. The van der Waals surface area contributed by atoms with Crippen molar-refractivity contribution in [2.75, 3.05) is 23.7 Å². The van der Waals surface area contributed by atoms with Gasteiger partial charge in [0, 0.05) is 36.8 Å². The van der Waals surface area contributed by atoms with E-state index >= 15 is 0 Å². The van der Waals surface area contributed by atoms with Crippen molar-refractivity contribution in [3.8, 4) is 0 Å². The highest BCUT2D eigenvalue weighted by molar-refractivity contribution is 6.02. The molecule has 0 aliphatic carbocycles. The third kappa shape index (κ3) is 3.67. The van der Waals surface area contributed by atoms with Crippen molar-refractivity contribution in [1.82, 2.24) is 15.3 Å². The van der Waals surface area contributed by atoms with E-state index in [4.69, 9.17) is 0 Å². The predicted octanol–water partition coefficient (Wildman–Crippen LogP) is 1.84. The molecule has 0 bridgehead atoms. The number of amidine groups is 1. The number of aliphatic imine (C=N–C) groups is 2. The van der Waals surface area contributed by atoms with Gasteiger partial charge >= 0.3 is 0 Å². The molecule has 0 saturated carbocycles. The maximum atomic E-state index is 11.9. The molecule has 2 amide bonds. The first-order valence-corrected chi connectivity index (χ1v) is 10.6. The van der Waals surface area contributed by atoms with Crippen LogP contribution in [0.5, 0.6) is 0 Å². The molecule has 4 heterocycles. The summed E-state index contributed by atoms with van der Waals surface area (Å²) in [7, 11) is 0. The summed E-state index contributed by atoms with van der Waals surface area (Å²) in [5.41, 5.74) is 7.05. The molecule has 4 aliphatic rings. The summed E-state index contributed by atoms with van der Waals surface area (Å²) < 4.78 is 0. The lowest BCUT2D eigenvalue weighted by molar-refractivity contribution is -0.125. The van der Waals surface area contributed by atoms with Gasteiger partial charge in [0.1, 0.15) is 6.34 Å². The van der Waals surface area contributed by atoms with Gasteiger partial charge in [-0.15, -0.1) is 0 Å². The van der Waals surface area contributed by atoms with E-state index in [0.717, 1.165) is 41.9 Å². The van der Waals surface area contributed by atoms with Crippen LogP contribution < -0.4 is 16.1 Å². The Morgan fingerprint density at radius 3 is 3.10 bits per heavy atom. The Balaban J connectivity index is 1.36. The van der Waals surface area contributed by atoms with E-state index in [-0.39, 0.29) is 23.9 Å². The highest BCUT2D eigenvalue weighted by atomic mass is 16.2. The van der Waals surface area contributed by atoms with Crippen LogP contribution in [0.2, 0.25) is 0 Å². The number of hydrazine groups is 1. The van der Waals surface area contributed by atoms with Gasteiger partial charge in [-0.05, 0) is 43.0 Å². The first-order chi connectivity index (χ1) is 15.1. The normalized spacial score (nSPS) is 24.3. The molecule has 1 aromatic carbocycles. The van der Waals surface area contributed by atoms with E-state index in [1.807, 2.05) is 34.3 Å². The van der Waals surface area contributed by atoms with Crippen molar-refractivity contribution in [2.24, 2.45) is 15.9 Å². The van der Waals surface area contributed by atoms with Crippen molar-refractivity contribution in [3.63, 3.8) is 0 Å². The molecular formula is C22H25N7O2. The molecule has 2 unspecified atom stereocenters. The van der Waals surface area contributed by atoms with Gasteiger partial charge in [0.2, 0.25) is 11.8 Å². The van der Waals surface area contributed by atoms with Crippen molar-refractivity contribution in [1.29, 1.82) is 0 Å². The van der Waals surface area contributed by atoms with Crippen LogP contribution in [-0.4, -0.2) is 53.2 Å². The molecule has 0 spiro atoms. The number of hydrogen-bond donors (Lipinski definition) is 3. The van der Waals surface area contributed by atoms with Crippen molar-refractivity contribution in [2.45, 2.75) is 31.8 Å². The van der Waals surface area contributed by atoms with Crippen molar-refractivity contribution < 1.29 is 9.59 Å². The lowest BCUT2D eigenvalue weighted by Gasteiger charge is -2.33. The van der Waals surface area contributed by atoms with Crippen LogP contribution in [0, 0.1) is 5.92 Å². The molecule has 5 rings (SSSR count). The van der Waals surface area contributed by atoms with Crippen LogP contribution in [0.4, 0.5) is 11.4 Å². The second-order valence-corrected chi connectivity index (χ2v) is 8.09. The predicted molar refractivity (Wildman–Crippen MR) is 119 cm³/mol. The maximum absolute atomic E-state index is 11.9. The maximum Gasteiger partial charge on any atom is 0.245 e. The second kappa shape index (κ2) is 7.90. The number of likely N-dealkylation sites (tertiary alicyclic amines) is 1. The Kier molecular flexibility index (Phi) is 4.93. The third-order valence-corrected chi connectivity index (χ3v) is 6.11. The summed E-state index contributed by atoms with van der Waals surface area (Å²) in [5, 5.41) is 8.35. The Labute approximate surface area is 180 Å². The average molecular weight is 419 g/mol. The number of carbonyl (C=O) groups is 2. The number of anilines is 2. The number of carbonyl (C=O) groups excluding carboxylic acids is 2. The van der Waals surface area contributed by atoms with E-state index < -0.39 is 0 Å². The number of rotatable bonds is 3. The van der Waals surface area contributed by atoms with E-state index in [1.54, 1.807) is 6.34 Å². The molecular weight excluding hydrogens is 394 g/mol. The summed E-state index contributed by atoms with van der Waals surface area (Å²) in [6.45, 7) is 4.93. The Morgan fingerprint density at radius 2 is 2.23 bits per heavy atom. The molecule has 31 heavy (non-hydrogen) atoms. The zero-order chi connectivity index (χ0) is 21.4. The van der Waals surface area contributed by atoms with Crippen LogP contribution in [0.3, 0.4) is 0 Å². The number of nitrogens with zero attached hydrogens (tertiary/aromatic N) is 4. The van der Waals surface area contributed by atoms with Gasteiger partial charge in [0.15, 0.2) is 12.0 Å². The number of amides is 2.